The van der Waals surface area contributed by atoms with Crippen molar-refractivity contribution in [3.63, 3.8) is 0 Å². The molecule has 60 heavy (non-hydrogen) atoms. The van der Waals surface area contributed by atoms with Gasteiger partial charge in [-0.1, -0.05) is 148 Å². The number of nitrogens with one attached hydrogen (secondary N) is 2. The second kappa shape index (κ2) is 13.6. The molecule has 0 fully saturated rings. The molecule has 0 unspecified atom stereocenters. The standard InChI is InChI=1S/C52H44N8/c1-51(2)37-20-5-9-24-43(37)59(44-25-10-6-21-38(44)51)49-30-15-13-28-47(49)57-33-41(53-55-57)35-18-17-19-36(32-35)42-34-58(56-54-42)48-29-14-16-31-50(48)60-45-26-11-7-22-39(45)52(3,4)40-23-8-12-27-46(40)60/h5-34,53,55H,1-4H3. The average molecular weight is 781 g/mol. The number of rotatable bonds is 6. The van der Waals surface area contributed by atoms with Crippen LogP contribution in [0.2, 0.25) is 0 Å². The van der Waals surface area contributed by atoms with Crippen molar-refractivity contribution >= 4 is 45.5 Å². The monoisotopic (exact) mass is 780 g/mol. The van der Waals surface area contributed by atoms with Crippen LogP contribution in [0.3, 0.4) is 0 Å². The van der Waals surface area contributed by atoms with Crippen molar-refractivity contribution in [2.45, 2.75) is 38.5 Å². The Hall–Kier alpha value is -7.42. The van der Waals surface area contributed by atoms with E-state index in [4.69, 9.17) is 10.3 Å². The number of hydrogen-bond donors (Lipinski definition) is 2. The fraction of sp³-hybridized carbons (Fsp3) is 0.115. The molecule has 0 amide bonds. The van der Waals surface area contributed by atoms with Gasteiger partial charge in [0, 0.05) is 28.2 Å². The van der Waals surface area contributed by atoms with Crippen LogP contribution in [-0.2, 0) is 10.8 Å². The Morgan fingerprint density at radius 2 is 0.850 bits per heavy atom. The fourth-order valence-electron chi connectivity index (χ4n) is 9.51. The van der Waals surface area contributed by atoms with Crippen LogP contribution in [0.4, 0.5) is 39.8 Å². The fourth-order valence-corrected chi connectivity index (χ4v) is 9.51. The predicted octanol–water partition coefficient (Wildman–Crippen LogP) is 12.0. The highest BCUT2D eigenvalue weighted by molar-refractivity contribution is 5.92. The van der Waals surface area contributed by atoms with E-state index in [-0.39, 0.29) is 10.8 Å². The van der Waals surface area contributed by atoms with E-state index in [1.807, 2.05) is 10.9 Å². The lowest BCUT2D eigenvalue weighted by atomic mass is 9.73. The molecule has 3 aliphatic heterocycles. The highest BCUT2D eigenvalue weighted by Gasteiger charge is 2.39. The maximum atomic E-state index is 4.72. The predicted molar refractivity (Wildman–Crippen MR) is 244 cm³/mol. The van der Waals surface area contributed by atoms with E-state index >= 15 is 0 Å². The Kier molecular flexibility index (Phi) is 8.08. The van der Waals surface area contributed by atoms with Gasteiger partial charge in [-0.05, 0) is 76.9 Å². The zero-order valence-corrected chi connectivity index (χ0v) is 34.0. The first-order valence-corrected chi connectivity index (χ1v) is 20.5. The van der Waals surface area contributed by atoms with Crippen LogP contribution in [0.1, 0.15) is 55.5 Å². The number of anilines is 7. The average Bonchev–Trinajstić information content (AvgIpc) is 3.99. The van der Waals surface area contributed by atoms with Gasteiger partial charge in [0.1, 0.15) is 5.69 Å². The summed E-state index contributed by atoms with van der Waals surface area (Å²) in [5.74, 6) is 0. The number of benzene rings is 7. The summed E-state index contributed by atoms with van der Waals surface area (Å²) in [6.45, 7) is 9.25. The maximum absolute atomic E-state index is 4.72. The zero-order valence-electron chi connectivity index (χ0n) is 34.0. The highest BCUT2D eigenvalue weighted by atomic mass is 15.7. The lowest BCUT2D eigenvalue weighted by Gasteiger charge is -2.42. The minimum absolute atomic E-state index is 0.137. The van der Waals surface area contributed by atoms with E-state index in [1.54, 1.807) is 0 Å². The van der Waals surface area contributed by atoms with Crippen LogP contribution in [-0.4, -0.2) is 15.0 Å². The third kappa shape index (κ3) is 5.48. The molecular weight excluding hydrogens is 737 g/mol. The third-order valence-electron chi connectivity index (χ3n) is 12.6. The van der Waals surface area contributed by atoms with Crippen molar-refractivity contribution in [2.75, 3.05) is 14.8 Å². The summed E-state index contributed by atoms with van der Waals surface area (Å²) in [5.41, 5.74) is 24.2. The minimum atomic E-state index is -0.146. The summed E-state index contributed by atoms with van der Waals surface area (Å²) >= 11 is 0. The van der Waals surface area contributed by atoms with Crippen LogP contribution in [0.25, 0.3) is 22.6 Å². The molecule has 8 aromatic rings. The molecule has 0 atom stereocenters. The van der Waals surface area contributed by atoms with E-state index < -0.39 is 0 Å². The summed E-state index contributed by atoms with van der Waals surface area (Å²) in [7, 11) is 0. The van der Waals surface area contributed by atoms with Crippen LogP contribution in [0.5, 0.6) is 0 Å². The summed E-state index contributed by atoms with van der Waals surface area (Å²) in [6, 6.07) is 60.4. The molecular formula is C52H44N8. The van der Waals surface area contributed by atoms with Gasteiger partial charge in [0.05, 0.1) is 57.4 Å². The van der Waals surface area contributed by atoms with Gasteiger partial charge in [-0.3, -0.25) is 5.01 Å². The van der Waals surface area contributed by atoms with Gasteiger partial charge >= 0.3 is 0 Å². The molecule has 1 aromatic heterocycles. The summed E-state index contributed by atoms with van der Waals surface area (Å²) in [6.07, 6.45) is 4.14. The normalized spacial score (nSPS) is 15.7. The van der Waals surface area contributed by atoms with E-state index in [0.717, 1.165) is 45.3 Å². The quantitative estimate of drug-likeness (QED) is 0.174. The number of nitrogens with zero attached hydrogens (tertiary/aromatic N) is 6. The number of fused-ring (bicyclic) bond motifs is 4. The van der Waals surface area contributed by atoms with Gasteiger partial charge in [0.2, 0.25) is 0 Å². The van der Waals surface area contributed by atoms with Gasteiger partial charge in [0.15, 0.2) is 0 Å². The Bertz CT molecular complexity index is 2890. The van der Waals surface area contributed by atoms with Crippen molar-refractivity contribution in [1.82, 2.24) is 26.0 Å². The number of aromatic nitrogens is 3. The largest absolute Gasteiger partial charge is 0.308 e. The van der Waals surface area contributed by atoms with Crippen LogP contribution < -0.4 is 25.8 Å². The van der Waals surface area contributed by atoms with Crippen molar-refractivity contribution in [1.29, 1.82) is 0 Å². The molecule has 11 rings (SSSR count). The van der Waals surface area contributed by atoms with Crippen molar-refractivity contribution < 1.29 is 0 Å². The molecule has 0 saturated heterocycles. The Labute approximate surface area is 350 Å². The van der Waals surface area contributed by atoms with E-state index in [0.29, 0.717) is 0 Å². The molecule has 0 bridgehead atoms. The van der Waals surface area contributed by atoms with Crippen LogP contribution in [0, 0.1) is 0 Å². The van der Waals surface area contributed by atoms with Gasteiger partial charge in [-0.15, -0.1) is 10.6 Å². The lowest BCUT2D eigenvalue weighted by molar-refractivity contribution is 0.631. The van der Waals surface area contributed by atoms with Gasteiger partial charge < -0.3 is 15.2 Å². The molecule has 3 aliphatic rings. The molecule has 0 spiro atoms. The first-order chi connectivity index (χ1) is 29.3. The SMILES string of the molecule is CC1(C)c2ccccc2N(c2ccccc2N2C=C(c3cccc(-c4cn(-c5ccccc5N5c6ccccc6C(C)(C)c6ccccc65)nn4)c3)NN2)c2ccccc21. The topological polar surface area (TPSA) is 64.5 Å². The summed E-state index contributed by atoms with van der Waals surface area (Å²) in [4.78, 5) is 4.76. The van der Waals surface area contributed by atoms with E-state index in [2.05, 4.69) is 230 Å². The van der Waals surface area contributed by atoms with Gasteiger partial charge in [0.25, 0.3) is 0 Å². The molecule has 2 N–H and O–H groups in total. The van der Waals surface area contributed by atoms with Crippen LogP contribution >= 0.6 is 0 Å². The second-order valence-corrected chi connectivity index (χ2v) is 16.7. The van der Waals surface area contributed by atoms with Crippen molar-refractivity contribution in [2.24, 2.45) is 0 Å². The number of para-hydroxylation sites is 8. The smallest absolute Gasteiger partial charge is 0.113 e. The summed E-state index contributed by atoms with van der Waals surface area (Å²) < 4.78 is 1.90. The van der Waals surface area contributed by atoms with E-state index in [9.17, 15) is 0 Å². The summed E-state index contributed by atoms with van der Waals surface area (Å²) in [5, 5.41) is 11.5. The maximum Gasteiger partial charge on any atom is 0.113 e. The molecule has 292 valence electrons. The Morgan fingerprint density at radius 1 is 0.433 bits per heavy atom. The van der Waals surface area contributed by atoms with Gasteiger partial charge in [-0.2, -0.15) is 0 Å². The minimum Gasteiger partial charge on any atom is -0.308 e. The molecule has 7 aromatic carbocycles. The first kappa shape index (κ1) is 35.7. The zero-order chi connectivity index (χ0) is 40.6. The second-order valence-electron chi connectivity index (χ2n) is 16.7. The van der Waals surface area contributed by atoms with E-state index in [1.165, 1.54) is 45.0 Å². The molecule has 8 heteroatoms. The lowest BCUT2D eigenvalue weighted by Crippen LogP contribution is -2.37. The molecule has 0 radical (unpaired) electrons. The molecule has 8 nitrogen and oxygen atoms in total. The van der Waals surface area contributed by atoms with Gasteiger partial charge in [-0.25, -0.2) is 4.68 Å². The molecule has 0 aliphatic carbocycles. The number of hydrogen-bond acceptors (Lipinski definition) is 7. The number of hydrazine groups is 2. The third-order valence-corrected chi connectivity index (χ3v) is 12.6. The molecule has 4 heterocycles. The van der Waals surface area contributed by atoms with Crippen LogP contribution in [0.15, 0.2) is 182 Å². The Balaban J connectivity index is 0.923. The van der Waals surface area contributed by atoms with Crippen molar-refractivity contribution in [3.8, 4) is 16.9 Å². The van der Waals surface area contributed by atoms with Crippen molar-refractivity contribution in [3.05, 3.63) is 210 Å². The Morgan fingerprint density at radius 3 is 1.37 bits per heavy atom. The highest BCUT2D eigenvalue weighted by Crippen LogP contribution is 2.54. The molecule has 0 saturated carbocycles. The first-order valence-electron chi connectivity index (χ1n) is 20.5.